The summed E-state index contributed by atoms with van der Waals surface area (Å²) >= 11 is 0.274. The van der Waals surface area contributed by atoms with Gasteiger partial charge in [-0.05, 0) is 0 Å². The average molecular weight is 299 g/mol. The first-order valence-corrected chi connectivity index (χ1v) is 8.39. The predicted molar refractivity (Wildman–Crippen MR) is 73.9 cm³/mol. The van der Waals surface area contributed by atoms with Gasteiger partial charge in [-0.15, -0.1) is 0 Å². The molecule has 0 aliphatic carbocycles. The van der Waals surface area contributed by atoms with Crippen molar-refractivity contribution < 1.29 is 4.39 Å². The molecule has 0 N–H and O–H groups in total. The van der Waals surface area contributed by atoms with Crippen molar-refractivity contribution in [3.8, 4) is 0 Å². The minimum absolute atomic E-state index is 0.158. The van der Waals surface area contributed by atoms with Gasteiger partial charge in [0.05, 0.1) is 0 Å². The molecule has 0 saturated carbocycles. The van der Waals surface area contributed by atoms with Gasteiger partial charge in [-0.25, -0.2) is 0 Å². The summed E-state index contributed by atoms with van der Waals surface area (Å²) in [5.41, 5.74) is 1.32. The Kier molecular flexibility index (Phi) is 7.23. The summed E-state index contributed by atoms with van der Waals surface area (Å²) in [4.78, 5) is 0. The molecule has 1 aromatic carbocycles. The van der Waals surface area contributed by atoms with E-state index >= 15 is 0 Å². The predicted octanol–water partition coefficient (Wildman–Crippen LogP) is 4.67. The summed E-state index contributed by atoms with van der Waals surface area (Å²) in [6, 6.07) is 10.4. The Labute approximate surface area is 110 Å². The fraction of sp³-hybridized carbons (Fsp3) is 0.467. The Morgan fingerprint density at radius 3 is 2.29 bits per heavy atom. The second-order valence-electron chi connectivity index (χ2n) is 4.10. The topological polar surface area (TPSA) is 0 Å². The Hall–Kier alpha value is -0.591. The first-order chi connectivity index (χ1) is 8.27. The quantitative estimate of drug-likeness (QED) is 0.642. The molecule has 0 aromatic heterocycles. The van der Waals surface area contributed by atoms with Crippen LogP contribution in [0.2, 0.25) is 0 Å². The number of hydrogen-bond acceptors (Lipinski definition) is 0. The molecule has 17 heavy (non-hydrogen) atoms. The van der Waals surface area contributed by atoms with Crippen molar-refractivity contribution in [2.24, 2.45) is 0 Å². The van der Waals surface area contributed by atoms with Crippen molar-refractivity contribution in [3.63, 3.8) is 0 Å². The van der Waals surface area contributed by atoms with Crippen LogP contribution in [0.5, 0.6) is 0 Å². The van der Waals surface area contributed by atoms with E-state index in [2.05, 4.69) is 31.2 Å². The summed E-state index contributed by atoms with van der Waals surface area (Å²) < 4.78 is 14.9. The van der Waals surface area contributed by atoms with Crippen LogP contribution in [0.25, 0.3) is 0 Å². The van der Waals surface area contributed by atoms with E-state index in [4.69, 9.17) is 0 Å². The van der Waals surface area contributed by atoms with Crippen LogP contribution in [0.15, 0.2) is 40.6 Å². The van der Waals surface area contributed by atoms with Gasteiger partial charge in [0.25, 0.3) is 0 Å². The van der Waals surface area contributed by atoms with Gasteiger partial charge in [-0.3, -0.25) is 0 Å². The van der Waals surface area contributed by atoms with E-state index in [0.29, 0.717) is 6.42 Å². The Morgan fingerprint density at radius 1 is 1.06 bits per heavy atom. The van der Waals surface area contributed by atoms with E-state index in [1.165, 1.54) is 5.56 Å². The molecule has 2 heteroatoms. The molecule has 0 nitrogen and oxygen atoms in total. The summed E-state index contributed by atoms with van der Waals surface area (Å²) in [5.74, 6) is 0.158. The van der Waals surface area contributed by atoms with Crippen molar-refractivity contribution in [3.05, 3.63) is 46.2 Å². The van der Waals surface area contributed by atoms with E-state index < -0.39 is 0 Å². The second-order valence-corrected chi connectivity index (χ2v) is 6.35. The number of halogens is 1. The van der Waals surface area contributed by atoms with E-state index in [0.717, 1.165) is 29.1 Å². The van der Waals surface area contributed by atoms with Crippen LogP contribution < -0.4 is 0 Å². The number of allylic oxidation sites excluding steroid dienone is 2. The maximum atomic E-state index is 13.9. The molecule has 0 amide bonds. The van der Waals surface area contributed by atoms with Crippen molar-refractivity contribution in [2.75, 3.05) is 0 Å². The van der Waals surface area contributed by atoms with Crippen molar-refractivity contribution in [2.45, 2.75) is 44.9 Å². The molecule has 94 valence electrons. The van der Waals surface area contributed by atoms with Crippen molar-refractivity contribution in [1.29, 1.82) is 0 Å². The van der Waals surface area contributed by atoms with Crippen molar-refractivity contribution in [1.82, 2.24) is 0 Å². The first-order valence-electron chi connectivity index (χ1n) is 6.32. The first kappa shape index (κ1) is 14.5. The molecule has 0 aliphatic heterocycles. The van der Waals surface area contributed by atoms with Crippen LogP contribution in [0.4, 0.5) is 4.39 Å². The molecule has 0 aliphatic rings. The molecule has 0 bridgehead atoms. The SMILES string of the molecule is CCC/C(F)=C(/CCC)[Se]Cc1ccccc1. The summed E-state index contributed by atoms with van der Waals surface area (Å²) in [5, 5.41) is 1.01. The maximum absolute atomic E-state index is 13.9. The van der Waals surface area contributed by atoms with Crippen LogP contribution in [0, 0.1) is 0 Å². The van der Waals surface area contributed by atoms with Gasteiger partial charge >= 0.3 is 110 Å². The second kappa shape index (κ2) is 8.49. The van der Waals surface area contributed by atoms with Crippen LogP contribution in [-0.4, -0.2) is 15.0 Å². The van der Waals surface area contributed by atoms with Crippen LogP contribution in [0.3, 0.4) is 0 Å². The third-order valence-electron chi connectivity index (χ3n) is 2.51. The fourth-order valence-corrected chi connectivity index (χ4v) is 4.01. The van der Waals surface area contributed by atoms with Gasteiger partial charge in [0.15, 0.2) is 0 Å². The molecular formula is C15H21FSe. The molecule has 0 saturated heterocycles. The third-order valence-corrected chi connectivity index (χ3v) is 5.13. The molecule has 0 heterocycles. The van der Waals surface area contributed by atoms with Gasteiger partial charge < -0.3 is 0 Å². The molecular weight excluding hydrogens is 278 g/mol. The van der Waals surface area contributed by atoms with E-state index in [1.807, 2.05) is 13.0 Å². The molecule has 0 radical (unpaired) electrons. The normalized spacial score (nSPS) is 12.4. The molecule has 0 atom stereocenters. The Balaban J connectivity index is 2.59. The monoisotopic (exact) mass is 300 g/mol. The van der Waals surface area contributed by atoms with E-state index in [9.17, 15) is 4.39 Å². The van der Waals surface area contributed by atoms with E-state index in [-0.39, 0.29) is 20.8 Å². The van der Waals surface area contributed by atoms with Gasteiger partial charge in [-0.1, -0.05) is 0 Å². The molecule has 0 spiro atoms. The third kappa shape index (κ3) is 5.52. The van der Waals surface area contributed by atoms with E-state index in [1.54, 1.807) is 0 Å². The van der Waals surface area contributed by atoms with Crippen LogP contribution >= 0.6 is 0 Å². The number of hydrogen-bond donors (Lipinski definition) is 0. The number of rotatable bonds is 7. The van der Waals surface area contributed by atoms with Gasteiger partial charge in [0.1, 0.15) is 0 Å². The zero-order chi connectivity index (χ0) is 12.5. The molecule has 1 aromatic rings. The fourth-order valence-electron chi connectivity index (χ4n) is 1.62. The average Bonchev–Trinajstić information content (AvgIpc) is 2.36. The summed E-state index contributed by atoms with van der Waals surface area (Å²) in [6.07, 6.45) is 3.49. The molecule has 0 unspecified atom stereocenters. The van der Waals surface area contributed by atoms with Crippen molar-refractivity contribution >= 4 is 15.0 Å². The number of benzene rings is 1. The summed E-state index contributed by atoms with van der Waals surface area (Å²) in [7, 11) is 0. The zero-order valence-electron chi connectivity index (χ0n) is 10.7. The van der Waals surface area contributed by atoms with Crippen LogP contribution in [-0.2, 0) is 5.32 Å². The Bertz CT molecular complexity index is 343. The van der Waals surface area contributed by atoms with Gasteiger partial charge in [0.2, 0.25) is 0 Å². The molecule has 0 fully saturated rings. The summed E-state index contributed by atoms with van der Waals surface area (Å²) in [6.45, 7) is 4.16. The zero-order valence-corrected chi connectivity index (χ0v) is 12.4. The molecule has 1 rings (SSSR count). The standard InChI is InChI=1S/C15H21FSe/c1-3-8-14(16)15(9-4-2)17-12-13-10-6-5-7-11-13/h5-7,10-11H,3-4,8-9,12H2,1-2H3/b15-14+. The minimum atomic E-state index is 0.158. The Morgan fingerprint density at radius 2 is 1.71 bits per heavy atom. The van der Waals surface area contributed by atoms with Crippen LogP contribution in [0.1, 0.15) is 45.1 Å². The van der Waals surface area contributed by atoms with Gasteiger partial charge in [-0.2, -0.15) is 0 Å². The van der Waals surface area contributed by atoms with Gasteiger partial charge in [0, 0.05) is 0 Å².